The summed E-state index contributed by atoms with van der Waals surface area (Å²) in [5, 5.41) is 6.18. The van der Waals surface area contributed by atoms with Gasteiger partial charge in [-0.1, -0.05) is 47.5 Å². The van der Waals surface area contributed by atoms with Crippen molar-refractivity contribution in [2.75, 3.05) is 0 Å². The molecule has 0 aliphatic carbocycles. The molecule has 2 N–H and O–H groups in total. The van der Waals surface area contributed by atoms with Gasteiger partial charge in [-0.15, -0.1) is 0 Å². The Labute approximate surface area is 229 Å². The van der Waals surface area contributed by atoms with Gasteiger partial charge in [-0.05, 0) is 48.5 Å². The number of nitrogens with zero attached hydrogens (tertiary/aromatic N) is 2. The van der Waals surface area contributed by atoms with Crippen LogP contribution in [0.25, 0.3) is 24.2 Å². The molecule has 4 aromatic carbocycles. The summed E-state index contributed by atoms with van der Waals surface area (Å²) in [7, 11) is 11.4. The minimum atomic E-state index is 0.175. The second-order valence-electron chi connectivity index (χ2n) is 8.14. The SMILES string of the molecule is [B]OC1=c2\cc(Cl)ccc2=[NH+]C=c2cccc\c2=N/C(O[B])=c2/cc(Cl)cc/c2=[NH+]\C=c2/cccc/c2=N/1. The highest BCUT2D eigenvalue weighted by Crippen LogP contribution is 2.02. The second kappa shape index (κ2) is 11.5. The fourth-order valence-electron chi connectivity index (χ4n) is 3.89. The average molecular weight is 535 g/mol. The monoisotopic (exact) mass is 534 g/mol. The van der Waals surface area contributed by atoms with Crippen LogP contribution in [-0.2, 0) is 9.31 Å². The van der Waals surface area contributed by atoms with Gasteiger partial charge in [0.15, 0.2) is 12.4 Å². The van der Waals surface area contributed by atoms with Gasteiger partial charge in [0, 0.05) is 22.2 Å². The Hall–Kier alpha value is -4.13. The van der Waals surface area contributed by atoms with E-state index in [2.05, 4.69) is 9.98 Å². The second-order valence-corrected chi connectivity index (χ2v) is 9.02. The van der Waals surface area contributed by atoms with Crippen molar-refractivity contribution in [1.29, 1.82) is 0 Å². The average Bonchev–Trinajstić information content (AvgIpc) is 2.94. The van der Waals surface area contributed by atoms with E-state index in [9.17, 15) is 0 Å². The highest BCUT2D eigenvalue weighted by molar-refractivity contribution is 6.30. The zero-order valence-electron chi connectivity index (χ0n) is 19.9. The lowest BCUT2D eigenvalue weighted by molar-refractivity contribution is -0.381. The molecule has 10 heteroatoms. The first-order chi connectivity index (χ1) is 18.6. The van der Waals surface area contributed by atoms with Gasteiger partial charge < -0.3 is 9.31 Å². The fourth-order valence-corrected chi connectivity index (χ4v) is 4.24. The Balaban J connectivity index is 2.05. The van der Waals surface area contributed by atoms with Crippen LogP contribution in [0.2, 0.25) is 10.0 Å². The predicted molar refractivity (Wildman–Crippen MR) is 145 cm³/mol. The molecular formula is C28H18B2Cl2N4O2+2. The normalized spacial score (nSPS) is 19.2. The molecule has 0 saturated heterocycles. The zero-order chi connectivity index (χ0) is 26.5. The number of fused-ring (bicyclic) bond motifs is 4. The number of rotatable bonds is 2. The molecule has 1 aliphatic rings. The van der Waals surface area contributed by atoms with Crippen LogP contribution in [0.5, 0.6) is 0 Å². The number of nitrogens with one attached hydrogen (secondary N) is 2. The van der Waals surface area contributed by atoms with Crippen molar-refractivity contribution in [3.63, 3.8) is 0 Å². The molecule has 38 heavy (non-hydrogen) atoms. The molecule has 1 heterocycles. The maximum Gasteiger partial charge on any atom is 0.376 e. The largest absolute Gasteiger partial charge is 0.554 e. The summed E-state index contributed by atoms with van der Waals surface area (Å²) in [4.78, 5) is 16.0. The van der Waals surface area contributed by atoms with Gasteiger partial charge in [-0.25, -0.2) is 20.0 Å². The number of para-hydroxylation sites is 2. The van der Waals surface area contributed by atoms with Crippen LogP contribution in [0.3, 0.4) is 0 Å². The Morgan fingerprint density at radius 3 is 1.42 bits per heavy atom. The van der Waals surface area contributed by atoms with Crippen molar-refractivity contribution in [3.05, 3.63) is 137 Å². The van der Waals surface area contributed by atoms with Crippen LogP contribution in [0.15, 0.2) is 94.9 Å². The summed E-state index contributed by atoms with van der Waals surface area (Å²) >= 11 is 12.7. The van der Waals surface area contributed by atoms with E-state index < -0.39 is 0 Å². The highest BCUT2D eigenvalue weighted by atomic mass is 35.5. The molecule has 0 atom stereocenters. The minimum Gasteiger partial charge on any atom is -0.554 e. The maximum absolute atomic E-state index is 6.33. The van der Waals surface area contributed by atoms with Crippen molar-refractivity contribution in [1.82, 2.24) is 0 Å². The standard InChI is InChI=1S/C28H16B2Cl2N4O2/c29-37-27-22-14-20(32)10-12-26(22)34-16-18-6-2-4-8-24(18)36-28(38-30)21-13-19(31)9-11-25(21)33-15-17-5-1-3-7-23(17)35-27/h1-16H/p+2/b17-15+,18-16?,27-22-,28-21+,33-15?,33-25+,34-16?,34-26?,35-23-,35-27?,36-24+,36-28?. The van der Waals surface area contributed by atoms with Crippen LogP contribution in [-0.4, -0.2) is 16.1 Å². The van der Waals surface area contributed by atoms with Crippen molar-refractivity contribution in [2.45, 2.75) is 0 Å². The van der Waals surface area contributed by atoms with E-state index in [0.29, 0.717) is 41.9 Å². The van der Waals surface area contributed by atoms with E-state index >= 15 is 0 Å². The summed E-state index contributed by atoms with van der Waals surface area (Å²) in [5.74, 6) is 0.349. The van der Waals surface area contributed by atoms with Crippen LogP contribution in [0.1, 0.15) is 0 Å². The van der Waals surface area contributed by atoms with Crippen molar-refractivity contribution >= 4 is 63.5 Å². The molecule has 5 rings (SSSR count). The topological polar surface area (TPSA) is 71.1 Å². The molecule has 0 unspecified atom stereocenters. The molecule has 4 aromatic rings. The molecule has 0 aromatic heterocycles. The van der Waals surface area contributed by atoms with Crippen LogP contribution < -0.4 is 52.3 Å². The molecular weight excluding hydrogens is 517 g/mol. The van der Waals surface area contributed by atoms with Gasteiger partial charge in [-0.3, -0.25) is 0 Å². The first-order valence-electron chi connectivity index (χ1n) is 11.4. The van der Waals surface area contributed by atoms with E-state index in [-0.39, 0.29) is 11.8 Å². The third kappa shape index (κ3) is 5.57. The molecule has 0 bridgehead atoms. The molecule has 0 amide bonds. The minimum absolute atomic E-state index is 0.175. The Morgan fingerprint density at radius 1 is 0.579 bits per heavy atom. The first kappa shape index (κ1) is 25.5. The summed E-state index contributed by atoms with van der Waals surface area (Å²) < 4.78 is 10.5. The zero-order valence-corrected chi connectivity index (χ0v) is 21.4. The van der Waals surface area contributed by atoms with Gasteiger partial charge >= 0.3 is 16.1 Å². The van der Waals surface area contributed by atoms with E-state index in [4.69, 9.17) is 58.6 Å². The van der Waals surface area contributed by atoms with Gasteiger partial charge in [0.05, 0.1) is 21.2 Å². The predicted octanol–water partition coefficient (Wildman–Crippen LogP) is -3.45. The Bertz CT molecular complexity index is 1900. The highest BCUT2D eigenvalue weighted by Gasteiger charge is 2.06. The van der Waals surface area contributed by atoms with E-state index in [1.807, 2.05) is 60.7 Å². The van der Waals surface area contributed by atoms with Gasteiger partial charge in [0.2, 0.25) is 22.5 Å². The van der Waals surface area contributed by atoms with Gasteiger partial charge in [0.1, 0.15) is 10.4 Å². The van der Waals surface area contributed by atoms with Crippen molar-refractivity contribution in [3.8, 4) is 0 Å². The molecule has 4 radical (unpaired) electrons. The summed E-state index contributed by atoms with van der Waals surface area (Å²) in [6.45, 7) is 0. The summed E-state index contributed by atoms with van der Waals surface area (Å²) in [5.41, 5.74) is 0. The fraction of sp³-hybridized carbons (Fsp3) is 0. The van der Waals surface area contributed by atoms with Crippen LogP contribution in [0.4, 0.5) is 0 Å². The molecule has 180 valence electrons. The van der Waals surface area contributed by atoms with Crippen LogP contribution >= 0.6 is 23.2 Å². The summed E-state index contributed by atoms with van der Waals surface area (Å²) in [6, 6.07) is 25.6. The smallest absolute Gasteiger partial charge is 0.376 e. The molecule has 6 nitrogen and oxygen atoms in total. The Kier molecular flexibility index (Phi) is 7.73. The lowest BCUT2D eigenvalue weighted by Crippen LogP contribution is -2.75. The van der Waals surface area contributed by atoms with Gasteiger partial charge in [0.25, 0.3) is 0 Å². The van der Waals surface area contributed by atoms with E-state index in [1.54, 1.807) is 36.7 Å². The molecule has 0 spiro atoms. The Morgan fingerprint density at radius 2 is 1.00 bits per heavy atom. The number of hydrogen-bond donors (Lipinski definition) is 2. The third-order valence-corrected chi connectivity index (χ3v) is 6.20. The third-order valence-electron chi connectivity index (χ3n) is 5.73. The maximum atomic E-state index is 6.33. The summed E-state index contributed by atoms with van der Waals surface area (Å²) in [6.07, 6.45) is 3.58. The number of benzene rings is 4. The van der Waals surface area contributed by atoms with Crippen LogP contribution in [0, 0.1) is 0 Å². The lowest BCUT2D eigenvalue weighted by atomic mass is 10.2. The quantitative estimate of drug-likeness (QED) is 0.263. The lowest BCUT2D eigenvalue weighted by Gasteiger charge is -2.01. The molecule has 0 fully saturated rings. The molecule has 1 aliphatic heterocycles. The molecule has 0 saturated carbocycles. The number of hydrogen-bond acceptors (Lipinski definition) is 4. The van der Waals surface area contributed by atoms with Crippen molar-refractivity contribution < 1.29 is 19.3 Å². The van der Waals surface area contributed by atoms with E-state index in [0.717, 1.165) is 10.4 Å². The first-order valence-corrected chi connectivity index (χ1v) is 12.2. The van der Waals surface area contributed by atoms with Gasteiger partial charge in [-0.2, -0.15) is 0 Å². The number of halogens is 2. The van der Waals surface area contributed by atoms with E-state index in [1.165, 1.54) is 0 Å². The van der Waals surface area contributed by atoms with Crippen molar-refractivity contribution in [2.24, 2.45) is 9.98 Å².